The van der Waals surface area contributed by atoms with Crippen LogP contribution in [0.1, 0.15) is 0 Å². The first-order valence-electron chi connectivity index (χ1n) is 4.78. The number of aliphatic imine (C=N–C) groups is 1. The van der Waals surface area contributed by atoms with Gasteiger partial charge in [-0.2, -0.15) is 0 Å². The highest BCUT2D eigenvalue weighted by Crippen LogP contribution is 2.31. The lowest BCUT2D eigenvalue weighted by molar-refractivity contribution is 0.559. The van der Waals surface area contributed by atoms with E-state index in [0.717, 1.165) is 0 Å². The molecule has 1 heterocycles. The number of sulfone groups is 1. The molecule has 1 aromatic carbocycles. The number of rotatable bonds is 1. The highest BCUT2D eigenvalue weighted by Gasteiger charge is 2.25. The average molecular weight is 236 g/mol. The van der Waals surface area contributed by atoms with E-state index < -0.39 is 9.84 Å². The lowest BCUT2D eigenvalue weighted by Crippen LogP contribution is -2.14. The summed E-state index contributed by atoms with van der Waals surface area (Å²) in [5.41, 5.74) is 0.499. The number of hydrogen-bond donors (Lipinski definition) is 0. The Morgan fingerprint density at radius 2 is 1.94 bits per heavy atom. The van der Waals surface area contributed by atoms with Crippen LogP contribution in [-0.2, 0) is 9.84 Å². The number of benzene rings is 1. The Hall–Kier alpha value is -1.62. The lowest BCUT2D eigenvalue weighted by Gasteiger charge is -2.14. The minimum absolute atomic E-state index is 0.219. The summed E-state index contributed by atoms with van der Waals surface area (Å²) in [7, 11) is 0.142. The van der Waals surface area contributed by atoms with Crippen molar-refractivity contribution >= 4 is 21.7 Å². The van der Waals surface area contributed by atoms with Crippen molar-refractivity contribution in [3.05, 3.63) is 35.4 Å². The van der Waals surface area contributed by atoms with Crippen molar-refractivity contribution in [3.63, 3.8) is 0 Å². The molecule has 0 saturated carbocycles. The molecule has 4 nitrogen and oxygen atoms in total. The van der Waals surface area contributed by atoms with Gasteiger partial charge in [0.1, 0.15) is 4.91 Å². The molecule has 1 aliphatic heterocycles. The second-order valence-electron chi connectivity index (χ2n) is 3.72. The van der Waals surface area contributed by atoms with E-state index in [9.17, 15) is 8.42 Å². The molecular weight excluding hydrogens is 224 g/mol. The first kappa shape index (κ1) is 10.9. The first-order valence-corrected chi connectivity index (χ1v) is 6.26. The predicted octanol–water partition coefficient (Wildman–Crippen LogP) is 1.58. The third kappa shape index (κ3) is 1.74. The first-order chi connectivity index (χ1) is 7.51. The fourth-order valence-corrected chi connectivity index (χ4v) is 2.93. The van der Waals surface area contributed by atoms with E-state index in [1.165, 1.54) is 6.21 Å². The summed E-state index contributed by atoms with van der Waals surface area (Å²) in [4.78, 5) is 6.30. The van der Waals surface area contributed by atoms with Gasteiger partial charge < -0.3 is 4.90 Å². The van der Waals surface area contributed by atoms with Crippen LogP contribution in [0.5, 0.6) is 0 Å². The minimum Gasteiger partial charge on any atom is -0.382 e. The smallest absolute Gasteiger partial charge is 0.211 e. The molecule has 0 fully saturated rings. The number of allylic oxidation sites excluding steroid dienone is 1. The standard InChI is InChI=1S/C11H12N2O2S/c1-13(2)8-9-7-12-10-5-3-4-6-11(10)16(9,14)15/h3-8H,1-2H3. The molecule has 0 amide bonds. The van der Waals surface area contributed by atoms with Crippen LogP contribution in [0.3, 0.4) is 0 Å². The van der Waals surface area contributed by atoms with Gasteiger partial charge in [-0.1, -0.05) is 12.1 Å². The summed E-state index contributed by atoms with van der Waals surface area (Å²) in [5, 5.41) is 0. The highest BCUT2D eigenvalue weighted by atomic mass is 32.2. The van der Waals surface area contributed by atoms with E-state index in [1.54, 1.807) is 49.5 Å². The Morgan fingerprint density at radius 3 is 2.62 bits per heavy atom. The summed E-state index contributed by atoms with van der Waals surface area (Å²) in [6, 6.07) is 6.73. The summed E-state index contributed by atoms with van der Waals surface area (Å²) in [5.74, 6) is 0. The van der Waals surface area contributed by atoms with Gasteiger partial charge in [0.2, 0.25) is 9.84 Å². The monoisotopic (exact) mass is 236 g/mol. The van der Waals surface area contributed by atoms with E-state index in [0.29, 0.717) is 5.69 Å². The Kier molecular flexibility index (Phi) is 2.55. The molecule has 0 atom stereocenters. The topological polar surface area (TPSA) is 49.7 Å². The maximum atomic E-state index is 12.2. The van der Waals surface area contributed by atoms with Crippen LogP contribution in [0.15, 0.2) is 45.3 Å². The average Bonchev–Trinajstić information content (AvgIpc) is 2.22. The molecule has 84 valence electrons. The summed E-state index contributed by atoms with van der Waals surface area (Å²) >= 11 is 0. The SMILES string of the molecule is CN(C)C=C1C=Nc2ccccc2S1(=O)=O. The highest BCUT2D eigenvalue weighted by molar-refractivity contribution is 7.96. The largest absolute Gasteiger partial charge is 0.382 e. The van der Waals surface area contributed by atoms with E-state index >= 15 is 0 Å². The molecule has 0 bridgehead atoms. The predicted molar refractivity (Wildman–Crippen MR) is 63.5 cm³/mol. The van der Waals surface area contributed by atoms with Gasteiger partial charge in [0.15, 0.2) is 0 Å². The molecule has 2 rings (SSSR count). The van der Waals surface area contributed by atoms with Crippen molar-refractivity contribution in [2.45, 2.75) is 4.90 Å². The van der Waals surface area contributed by atoms with E-state index in [4.69, 9.17) is 0 Å². The molecule has 0 unspecified atom stereocenters. The van der Waals surface area contributed by atoms with Crippen LogP contribution in [0.4, 0.5) is 5.69 Å². The zero-order valence-electron chi connectivity index (χ0n) is 9.08. The van der Waals surface area contributed by atoms with Crippen molar-refractivity contribution < 1.29 is 8.42 Å². The molecule has 0 radical (unpaired) electrons. The number of hydrogen-bond acceptors (Lipinski definition) is 4. The van der Waals surface area contributed by atoms with Gasteiger partial charge >= 0.3 is 0 Å². The van der Waals surface area contributed by atoms with Gasteiger partial charge in [0, 0.05) is 26.5 Å². The van der Waals surface area contributed by atoms with Crippen molar-refractivity contribution in [1.82, 2.24) is 4.90 Å². The molecule has 16 heavy (non-hydrogen) atoms. The van der Waals surface area contributed by atoms with Crippen LogP contribution in [-0.4, -0.2) is 33.6 Å². The van der Waals surface area contributed by atoms with Gasteiger partial charge in [-0.15, -0.1) is 0 Å². The van der Waals surface area contributed by atoms with Gasteiger partial charge in [-0.3, -0.25) is 4.99 Å². The normalized spacial score (nSPS) is 19.5. The second kappa shape index (κ2) is 3.75. The number of para-hydroxylation sites is 1. The second-order valence-corrected chi connectivity index (χ2v) is 5.64. The minimum atomic E-state index is -3.41. The third-order valence-corrected chi connectivity index (χ3v) is 3.94. The summed E-state index contributed by atoms with van der Waals surface area (Å²) in [6.07, 6.45) is 2.94. The molecule has 0 spiro atoms. The zero-order chi connectivity index (χ0) is 11.8. The number of nitrogens with zero attached hydrogens (tertiary/aromatic N) is 2. The van der Waals surface area contributed by atoms with Gasteiger partial charge in [0.25, 0.3) is 0 Å². The fraction of sp³-hybridized carbons (Fsp3) is 0.182. The summed E-state index contributed by atoms with van der Waals surface area (Å²) < 4.78 is 24.3. The molecule has 0 N–H and O–H groups in total. The van der Waals surface area contributed by atoms with Gasteiger partial charge in [-0.05, 0) is 12.1 Å². The maximum absolute atomic E-state index is 12.2. The Bertz CT molecular complexity index is 571. The quantitative estimate of drug-likeness (QED) is 0.743. The van der Waals surface area contributed by atoms with E-state index in [2.05, 4.69) is 4.99 Å². The summed E-state index contributed by atoms with van der Waals surface area (Å²) in [6.45, 7) is 0. The van der Waals surface area contributed by atoms with Crippen LogP contribution in [0, 0.1) is 0 Å². The molecular formula is C11H12N2O2S. The molecule has 1 aliphatic rings. The van der Waals surface area contributed by atoms with Crippen LogP contribution in [0.2, 0.25) is 0 Å². The van der Waals surface area contributed by atoms with Crippen LogP contribution >= 0.6 is 0 Å². The lowest BCUT2D eigenvalue weighted by atomic mass is 10.3. The molecule has 0 aromatic heterocycles. The molecule has 1 aromatic rings. The molecule has 0 aliphatic carbocycles. The Labute approximate surface area is 94.8 Å². The molecule has 0 saturated heterocycles. The third-order valence-electron chi connectivity index (χ3n) is 2.18. The Balaban J connectivity index is 2.64. The van der Waals surface area contributed by atoms with E-state index in [-0.39, 0.29) is 9.80 Å². The fourth-order valence-electron chi connectivity index (χ4n) is 1.48. The van der Waals surface area contributed by atoms with Crippen molar-refractivity contribution in [1.29, 1.82) is 0 Å². The molecule has 5 heteroatoms. The van der Waals surface area contributed by atoms with Crippen molar-refractivity contribution in [2.75, 3.05) is 14.1 Å². The van der Waals surface area contributed by atoms with Gasteiger partial charge in [0.05, 0.1) is 10.6 Å². The maximum Gasteiger partial charge on any atom is 0.211 e. The zero-order valence-corrected chi connectivity index (χ0v) is 9.90. The van der Waals surface area contributed by atoms with E-state index in [1.807, 2.05) is 0 Å². The Morgan fingerprint density at radius 1 is 1.25 bits per heavy atom. The van der Waals surface area contributed by atoms with Crippen molar-refractivity contribution in [2.24, 2.45) is 4.99 Å². The van der Waals surface area contributed by atoms with Crippen LogP contribution in [0.25, 0.3) is 0 Å². The van der Waals surface area contributed by atoms with Gasteiger partial charge in [-0.25, -0.2) is 8.42 Å². The van der Waals surface area contributed by atoms with Crippen LogP contribution < -0.4 is 0 Å². The number of fused-ring (bicyclic) bond motifs is 1. The van der Waals surface area contributed by atoms with Crippen molar-refractivity contribution in [3.8, 4) is 0 Å².